The number of hydrogen-bond donors (Lipinski definition) is 2. The molecule has 2 heterocycles. The first-order valence-corrected chi connectivity index (χ1v) is 5.54. The van der Waals surface area contributed by atoms with Gasteiger partial charge >= 0.3 is 0 Å². The Morgan fingerprint density at radius 1 is 1.67 bits per heavy atom. The Morgan fingerprint density at radius 2 is 2.47 bits per heavy atom. The zero-order valence-electron chi connectivity index (χ0n) is 8.90. The van der Waals surface area contributed by atoms with Gasteiger partial charge in [-0.25, -0.2) is 0 Å². The predicted octanol–water partition coefficient (Wildman–Crippen LogP) is 0.202. The van der Waals surface area contributed by atoms with Gasteiger partial charge in [-0.15, -0.1) is 10.2 Å². The second-order valence-corrected chi connectivity index (χ2v) is 3.92. The monoisotopic (exact) mass is 225 g/mol. The summed E-state index contributed by atoms with van der Waals surface area (Å²) < 4.78 is 2.14. The van der Waals surface area contributed by atoms with Crippen LogP contribution in [0.5, 0.6) is 0 Å². The van der Waals surface area contributed by atoms with Crippen molar-refractivity contribution < 1.29 is 0 Å². The Balaban J connectivity index is 2.37. The van der Waals surface area contributed by atoms with Crippen LogP contribution in [0.1, 0.15) is 30.7 Å². The van der Waals surface area contributed by atoms with Gasteiger partial charge in [0.25, 0.3) is 0 Å². The zero-order valence-corrected chi connectivity index (χ0v) is 9.71. The highest BCUT2D eigenvalue weighted by molar-refractivity contribution is 7.79. The molecule has 1 aromatic rings. The van der Waals surface area contributed by atoms with Gasteiger partial charge in [0.05, 0.1) is 12.1 Å². The molecule has 2 unspecified atom stereocenters. The SMILES string of the molecule is CNC(C=S)c1nnc2n1CCNC2C. The lowest BCUT2D eigenvalue weighted by Gasteiger charge is -2.23. The summed E-state index contributed by atoms with van der Waals surface area (Å²) >= 11 is 4.97. The van der Waals surface area contributed by atoms with Crippen molar-refractivity contribution in [2.75, 3.05) is 13.6 Å². The molecule has 5 nitrogen and oxygen atoms in total. The fourth-order valence-corrected chi connectivity index (χ4v) is 2.11. The second kappa shape index (κ2) is 4.34. The first-order valence-electron chi connectivity index (χ1n) is 5.07. The van der Waals surface area contributed by atoms with Gasteiger partial charge in [0.15, 0.2) is 5.82 Å². The molecule has 0 aromatic carbocycles. The molecule has 1 aliphatic heterocycles. The third-order valence-corrected chi connectivity index (χ3v) is 2.98. The van der Waals surface area contributed by atoms with E-state index in [1.807, 2.05) is 7.05 Å². The number of nitrogens with one attached hydrogen (secondary N) is 2. The molecule has 0 amide bonds. The van der Waals surface area contributed by atoms with Crippen LogP contribution in [0.25, 0.3) is 0 Å². The Bertz CT molecular complexity index is 361. The van der Waals surface area contributed by atoms with Crippen molar-refractivity contribution in [3.8, 4) is 0 Å². The number of nitrogens with zero attached hydrogens (tertiary/aromatic N) is 3. The van der Waals surface area contributed by atoms with E-state index in [4.69, 9.17) is 12.2 Å². The number of rotatable bonds is 3. The molecule has 2 atom stereocenters. The Morgan fingerprint density at radius 3 is 3.13 bits per heavy atom. The summed E-state index contributed by atoms with van der Waals surface area (Å²) in [6.45, 7) is 3.95. The van der Waals surface area contributed by atoms with E-state index < -0.39 is 0 Å². The lowest BCUT2D eigenvalue weighted by molar-refractivity contribution is 0.426. The molecular weight excluding hydrogens is 210 g/mol. The molecule has 0 spiro atoms. The molecule has 0 saturated carbocycles. The van der Waals surface area contributed by atoms with Gasteiger partial charge in [0, 0.05) is 18.5 Å². The number of thiocarbonyl (C=S) groups is 1. The van der Waals surface area contributed by atoms with Gasteiger partial charge in [0.1, 0.15) is 5.82 Å². The first-order chi connectivity index (χ1) is 7.27. The van der Waals surface area contributed by atoms with Crippen molar-refractivity contribution in [1.82, 2.24) is 25.4 Å². The average molecular weight is 225 g/mol. The molecule has 1 aromatic heterocycles. The summed E-state index contributed by atoms with van der Waals surface area (Å²) in [5, 5.41) is 16.5. The molecule has 15 heavy (non-hydrogen) atoms. The molecule has 0 fully saturated rings. The van der Waals surface area contributed by atoms with E-state index in [-0.39, 0.29) is 12.1 Å². The number of hydrogen-bond acceptors (Lipinski definition) is 5. The molecule has 1 aliphatic rings. The number of fused-ring (bicyclic) bond motifs is 1. The summed E-state index contributed by atoms with van der Waals surface area (Å²) in [4.78, 5) is 0. The van der Waals surface area contributed by atoms with E-state index in [0.29, 0.717) is 0 Å². The van der Waals surface area contributed by atoms with Crippen LogP contribution in [-0.4, -0.2) is 33.7 Å². The molecule has 6 heteroatoms. The van der Waals surface area contributed by atoms with Crippen LogP contribution >= 0.6 is 12.2 Å². The molecule has 82 valence electrons. The fraction of sp³-hybridized carbons (Fsp3) is 0.667. The van der Waals surface area contributed by atoms with Gasteiger partial charge in [0.2, 0.25) is 0 Å². The summed E-state index contributed by atoms with van der Waals surface area (Å²) in [6, 6.07) is 0.272. The van der Waals surface area contributed by atoms with Crippen LogP contribution in [0.2, 0.25) is 0 Å². The lowest BCUT2D eigenvalue weighted by Crippen LogP contribution is -2.34. The van der Waals surface area contributed by atoms with E-state index in [0.717, 1.165) is 24.7 Å². The topological polar surface area (TPSA) is 54.8 Å². The van der Waals surface area contributed by atoms with Crippen molar-refractivity contribution in [2.24, 2.45) is 0 Å². The van der Waals surface area contributed by atoms with E-state index in [2.05, 4.69) is 32.3 Å². The molecule has 0 aliphatic carbocycles. The van der Waals surface area contributed by atoms with Crippen molar-refractivity contribution in [3.05, 3.63) is 11.6 Å². The Labute approximate surface area is 94.3 Å². The average Bonchev–Trinajstić information content (AvgIpc) is 2.66. The minimum Gasteiger partial charge on any atom is -0.311 e. The van der Waals surface area contributed by atoms with Gasteiger partial charge in [-0.1, -0.05) is 12.2 Å². The standard InChI is InChI=1S/C9H15N5S/c1-6-8-12-13-9(7(5-15)10-2)14(8)4-3-11-6/h5-7,10-11H,3-4H2,1-2H3. The summed E-state index contributed by atoms with van der Waals surface area (Å²) in [5.74, 6) is 1.91. The molecule has 2 rings (SSSR count). The Hall–Kier alpha value is -0.850. The number of aromatic nitrogens is 3. The third kappa shape index (κ3) is 1.80. The largest absolute Gasteiger partial charge is 0.311 e. The molecule has 0 bridgehead atoms. The molecule has 0 saturated heterocycles. The highest BCUT2D eigenvalue weighted by atomic mass is 32.1. The summed E-state index contributed by atoms with van der Waals surface area (Å²) in [7, 11) is 1.87. The van der Waals surface area contributed by atoms with Crippen LogP contribution in [0.15, 0.2) is 0 Å². The second-order valence-electron chi connectivity index (χ2n) is 3.65. The zero-order chi connectivity index (χ0) is 10.8. The van der Waals surface area contributed by atoms with Crippen molar-refractivity contribution in [1.29, 1.82) is 0 Å². The van der Waals surface area contributed by atoms with Gasteiger partial charge < -0.3 is 15.2 Å². The maximum atomic E-state index is 4.97. The lowest BCUT2D eigenvalue weighted by atomic mass is 10.2. The minimum absolute atomic E-state index is 0.00606. The Kier molecular flexibility index (Phi) is 3.08. The van der Waals surface area contributed by atoms with Crippen molar-refractivity contribution in [3.63, 3.8) is 0 Å². The quantitative estimate of drug-likeness (QED) is 0.720. The van der Waals surface area contributed by atoms with Crippen LogP contribution < -0.4 is 10.6 Å². The molecular formula is C9H15N5S. The third-order valence-electron chi connectivity index (χ3n) is 2.71. The van der Waals surface area contributed by atoms with Crippen LogP contribution in [0.3, 0.4) is 0 Å². The van der Waals surface area contributed by atoms with Crippen LogP contribution in [-0.2, 0) is 6.54 Å². The van der Waals surface area contributed by atoms with Crippen LogP contribution in [0.4, 0.5) is 0 Å². The first kappa shape index (κ1) is 10.7. The summed E-state index contributed by atoms with van der Waals surface area (Å²) in [6.07, 6.45) is 0. The van der Waals surface area contributed by atoms with E-state index >= 15 is 0 Å². The highest BCUT2D eigenvalue weighted by Gasteiger charge is 2.24. The predicted molar refractivity (Wildman–Crippen MR) is 61.9 cm³/mol. The maximum Gasteiger partial charge on any atom is 0.155 e. The normalized spacial score (nSPS) is 22.1. The van der Waals surface area contributed by atoms with Gasteiger partial charge in [-0.2, -0.15) is 0 Å². The fourth-order valence-electron chi connectivity index (χ4n) is 1.85. The van der Waals surface area contributed by atoms with Crippen molar-refractivity contribution >= 4 is 17.6 Å². The smallest absolute Gasteiger partial charge is 0.155 e. The van der Waals surface area contributed by atoms with E-state index in [1.165, 1.54) is 0 Å². The van der Waals surface area contributed by atoms with Gasteiger partial charge in [-0.3, -0.25) is 0 Å². The van der Waals surface area contributed by atoms with Crippen LogP contribution in [0, 0.1) is 0 Å². The summed E-state index contributed by atoms with van der Waals surface area (Å²) in [5.41, 5.74) is 0. The molecule has 2 N–H and O–H groups in total. The van der Waals surface area contributed by atoms with Gasteiger partial charge in [-0.05, 0) is 14.0 Å². The molecule has 0 radical (unpaired) electrons. The minimum atomic E-state index is 0.00606. The van der Waals surface area contributed by atoms with E-state index in [1.54, 1.807) is 5.37 Å². The maximum absolute atomic E-state index is 4.97. The van der Waals surface area contributed by atoms with Crippen molar-refractivity contribution in [2.45, 2.75) is 25.6 Å². The van der Waals surface area contributed by atoms with E-state index in [9.17, 15) is 0 Å². The highest BCUT2D eigenvalue weighted by Crippen LogP contribution is 2.18.